The van der Waals surface area contributed by atoms with Crippen molar-refractivity contribution >= 4 is 28.6 Å². The Labute approximate surface area is 175 Å². The van der Waals surface area contributed by atoms with Crippen LogP contribution in [0.4, 0.5) is 0 Å². The number of aryl methyl sites for hydroxylation is 1. The molecule has 1 saturated heterocycles. The highest BCUT2D eigenvalue weighted by atomic mass is 32.1. The first-order valence-electron chi connectivity index (χ1n) is 9.97. The van der Waals surface area contributed by atoms with Crippen molar-refractivity contribution in [1.82, 2.24) is 15.6 Å². The Hall–Kier alpha value is -1.48. The summed E-state index contributed by atoms with van der Waals surface area (Å²) in [6.45, 7) is 8.91. The number of aliphatic imine (C=N–C) groups is 1. The van der Waals surface area contributed by atoms with E-state index >= 15 is 0 Å². The number of hydrogen-bond donors (Lipinski definition) is 2. The number of ether oxygens (including phenoxy) is 2. The van der Waals surface area contributed by atoms with Crippen LogP contribution in [0.3, 0.4) is 0 Å². The molecule has 0 saturated carbocycles. The van der Waals surface area contributed by atoms with Gasteiger partial charge < -0.3 is 20.1 Å². The van der Waals surface area contributed by atoms with E-state index in [1.165, 1.54) is 9.75 Å². The summed E-state index contributed by atoms with van der Waals surface area (Å²) in [7, 11) is 0. The molecule has 0 spiro atoms. The summed E-state index contributed by atoms with van der Waals surface area (Å²) in [6, 6.07) is 4.37. The first-order chi connectivity index (χ1) is 13.7. The summed E-state index contributed by atoms with van der Waals surface area (Å²) in [6.07, 6.45) is 3.19. The smallest absolute Gasteiger partial charge is 0.191 e. The van der Waals surface area contributed by atoms with Crippen LogP contribution in [0, 0.1) is 6.92 Å². The molecule has 154 valence electrons. The quantitative estimate of drug-likeness (QED) is 0.349. The van der Waals surface area contributed by atoms with Crippen LogP contribution in [0.15, 0.2) is 22.5 Å². The van der Waals surface area contributed by atoms with Crippen LogP contribution in [-0.4, -0.2) is 56.5 Å². The van der Waals surface area contributed by atoms with Crippen molar-refractivity contribution in [2.45, 2.75) is 39.2 Å². The van der Waals surface area contributed by atoms with Crippen LogP contribution in [0.2, 0.25) is 0 Å². The number of thiazole rings is 1. The van der Waals surface area contributed by atoms with Gasteiger partial charge in [0.25, 0.3) is 0 Å². The molecule has 3 rings (SSSR count). The van der Waals surface area contributed by atoms with Gasteiger partial charge in [-0.3, -0.25) is 4.99 Å². The van der Waals surface area contributed by atoms with E-state index < -0.39 is 0 Å². The molecule has 1 aliphatic rings. The summed E-state index contributed by atoms with van der Waals surface area (Å²) in [5.41, 5.74) is 1.09. The number of aromatic nitrogens is 1. The highest BCUT2D eigenvalue weighted by molar-refractivity contribution is 7.16. The molecule has 1 fully saturated rings. The average molecular weight is 423 g/mol. The normalized spacial score (nSPS) is 17.2. The molecule has 1 unspecified atom stereocenters. The Balaban J connectivity index is 1.37. The SMILES string of the molecule is CCNC(=NCCCOC1CCOC1)NCCc1ccc(-c2csc(C)n2)s1. The zero-order valence-corrected chi connectivity index (χ0v) is 18.3. The Morgan fingerprint density at radius 3 is 3.07 bits per heavy atom. The Morgan fingerprint density at radius 2 is 2.32 bits per heavy atom. The monoisotopic (exact) mass is 422 g/mol. The second-order valence-corrected chi connectivity index (χ2v) is 8.90. The third-order valence-corrected chi connectivity index (χ3v) is 6.30. The zero-order chi connectivity index (χ0) is 19.6. The fourth-order valence-corrected chi connectivity index (χ4v) is 4.58. The van der Waals surface area contributed by atoms with E-state index in [0.29, 0.717) is 0 Å². The van der Waals surface area contributed by atoms with Gasteiger partial charge in [-0.15, -0.1) is 22.7 Å². The van der Waals surface area contributed by atoms with Crippen molar-refractivity contribution in [2.75, 3.05) is 39.5 Å². The number of nitrogens with one attached hydrogen (secondary N) is 2. The van der Waals surface area contributed by atoms with Crippen molar-refractivity contribution in [2.24, 2.45) is 4.99 Å². The summed E-state index contributed by atoms with van der Waals surface area (Å²) in [4.78, 5) is 11.8. The second kappa shape index (κ2) is 11.5. The lowest BCUT2D eigenvalue weighted by Gasteiger charge is -2.11. The van der Waals surface area contributed by atoms with E-state index in [9.17, 15) is 0 Å². The predicted molar refractivity (Wildman–Crippen MR) is 118 cm³/mol. The fraction of sp³-hybridized carbons (Fsp3) is 0.600. The van der Waals surface area contributed by atoms with Crippen LogP contribution in [0.1, 0.15) is 29.7 Å². The van der Waals surface area contributed by atoms with E-state index in [1.54, 1.807) is 11.3 Å². The maximum Gasteiger partial charge on any atom is 0.191 e. The van der Waals surface area contributed by atoms with Gasteiger partial charge in [0.05, 0.1) is 28.3 Å². The average Bonchev–Trinajstić information content (AvgIpc) is 3.43. The van der Waals surface area contributed by atoms with E-state index in [1.807, 2.05) is 18.3 Å². The van der Waals surface area contributed by atoms with E-state index in [-0.39, 0.29) is 6.10 Å². The molecule has 1 aliphatic heterocycles. The van der Waals surface area contributed by atoms with E-state index in [4.69, 9.17) is 9.47 Å². The topological polar surface area (TPSA) is 67.8 Å². The largest absolute Gasteiger partial charge is 0.379 e. The first-order valence-corrected chi connectivity index (χ1v) is 11.7. The third-order valence-electron chi connectivity index (χ3n) is 4.36. The van der Waals surface area contributed by atoms with E-state index in [0.717, 1.165) is 75.4 Å². The van der Waals surface area contributed by atoms with Crippen LogP contribution in [-0.2, 0) is 15.9 Å². The first kappa shape index (κ1) is 21.2. The number of hydrogen-bond acceptors (Lipinski definition) is 6. The van der Waals surface area contributed by atoms with Gasteiger partial charge >= 0.3 is 0 Å². The summed E-state index contributed by atoms with van der Waals surface area (Å²) in [5.74, 6) is 0.874. The highest BCUT2D eigenvalue weighted by Gasteiger charge is 2.15. The molecule has 8 heteroatoms. The van der Waals surface area contributed by atoms with Crippen molar-refractivity contribution in [3.63, 3.8) is 0 Å². The highest BCUT2D eigenvalue weighted by Crippen LogP contribution is 2.29. The molecule has 28 heavy (non-hydrogen) atoms. The van der Waals surface area contributed by atoms with Crippen LogP contribution >= 0.6 is 22.7 Å². The lowest BCUT2D eigenvalue weighted by molar-refractivity contribution is 0.0424. The van der Waals surface area contributed by atoms with Crippen LogP contribution in [0.5, 0.6) is 0 Å². The van der Waals surface area contributed by atoms with Gasteiger partial charge in [-0.2, -0.15) is 0 Å². The van der Waals surface area contributed by atoms with Crippen LogP contribution in [0.25, 0.3) is 10.6 Å². The molecule has 2 N–H and O–H groups in total. The summed E-state index contributed by atoms with van der Waals surface area (Å²) >= 11 is 3.52. The molecular weight excluding hydrogens is 392 g/mol. The lowest BCUT2D eigenvalue weighted by Crippen LogP contribution is -2.38. The number of nitrogens with zero attached hydrogens (tertiary/aromatic N) is 2. The molecule has 3 heterocycles. The number of rotatable bonds is 10. The maximum absolute atomic E-state index is 5.79. The van der Waals surface area contributed by atoms with Gasteiger partial charge in [-0.05, 0) is 45.2 Å². The standard InChI is InChI=1S/C20H30N4O2S2/c1-3-21-20(22-9-4-11-26-16-8-12-25-13-16)23-10-7-17-5-6-19(28-17)18-14-27-15(2)24-18/h5-6,14,16H,3-4,7-13H2,1-2H3,(H2,21,22,23). The lowest BCUT2D eigenvalue weighted by atomic mass is 10.3. The molecular formula is C20H30N4O2S2. The Bertz CT molecular complexity index is 738. The molecule has 0 radical (unpaired) electrons. The minimum Gasteiger partial charge on any atom is -0.379 e. The Morgan fingerprint density at radius 1 is 1.39 bits per heavy atom. The zero-order valence-electron chi connectivity index (χ0n) is 16.7. The Kier molecular flexibility index (Phi) is 8.72. The van der Waals surface area contributed by atoms with Gasteiger partial charge in [0.1, 0.15) is 0 Å². The number of guanidine groups is 1. The fourth-order valence-electron chi connectivity index (χ4n) is 2.92. The van der Waals surface area contributed by atoms with Gasteiger partial charge in [-0.1, -0.05) is 0 Å². The van der Waals surface area contributed by atoms with Gasteiger partial charge in [0, 0.05) is 43.1 Å². The minimum atomic E-state index is 0.277. The van der Waals surface area contributed by atoms with E-state index in [2.05, 4.69) is 45.0 Å². The minimum absolute atomic E-state index is 0.277. The van der Waals surface area contributed by atoms with Gasteiger partial charge in [-0.25, -0.2) is 4.98 Å². The molecule has 0 aliphatic carbocycles. The molecule has 0 amide bonds. The van der Waals surface area contributed by atoms with Crippen molar-refractivity contribution in [3.8, 4) is 10.6 Å². The summed E-state index contributed by atoms with van der Waals surface area (Å²) < 4.78 is 11.1. The maximum atomic E-state index is 5.79. The molecule has 6 nitrogen and oxygen atoms in total. The van der Waals surface area contributed by atoms with Crippen molar-refractivity contribution < 1.29 is 9.47 Å². The van der Waals surface area contributed by atoms with Gasteiger partial charge in [0.2, 0.25) is 0 Å². The summed E-state index contributed by atoms with van der Waals surface area (Å²) in [5, 5.41) is 9.97. The molecule has 0 aromatic carbocycles. The second-order valence-electron chi connectivity index (χ2n) is 6.67. The van der Waals surface area contributed by atoms with Crippen molar-refractivity contribution in [1.29, 1.82) is 0 Å². The van der Waals surface area contributed by atoms with Gasteiger partial charge in [0.15, 0.2) is 5.96 Å². The molecule has 2 aromatic heterocycles. The molecule has 0 bridgehead atoms. The van der Waals surface area contributed by atoms with Crippen molar-refractivity contribution in [3.05, 3.63) is 27.4 Å². The third kappa shape index (κ3) is 6.84. The number of thiophene rings is 1. The predicted octanol–water partition coefficient (Wildman–Crippen LogP) is 3.47. The van der Waals surface area contributed by atoms with Crippen LogP contribution < -0.4 is 10.6 Å². The molecule has 2 aromatic rings. The molecule has 1 atom stereocenters.